The van der Waals surface area contributed by atoms with Crippen molar-refractivity contribution in [3.63, 3.8) is 0 Å². The molecule has 0 saturated carbocycles. The molecule has 0 radical (unpaired) electrons. The normalized spacial score (nSPS) is 25.4. The highest BCUT2D eigenvalue weighted by Crippen LogP contribution is 2.26. The lowest BCUT2D eigenvalue weighted by Gasteiger charge is -2.46. The molecule has 0 aromatic heterocycles. The molecule has 1 saturated heterocycles. The van der Waals surface area contributed by atoms with E-state index in [1.807, 2.05) is 19.2 Å². The molecule has 0 aliphatic carbocycles. The highest BCUT2D eigenvalue weighted by Gasteiger charge is 2.30. The highest BCUT2D eigenvalue weighted by atomic mass is 35.5. The number of rotatable bonds is 3. The Bertz CT molecular complexity index is 396. The summed E-state index contributed by atoms with van der Waals surface area (Å²) in [5.74, 6) is 0. The zero-order valence-corrected chi connectivity index (χ0v) is 12.1. The summed E-state index contributed by atoms with van der Waals surface area (Å²) >= 11 is 6.11. The van der Waals surface area contributed by atoms with Gasteiger partial charge in [-0.15, -0.1) is 0 Å². The van der Waals surface area contributed by atoms with Crippen LogP contribution < -0.4 is 10.2 Å². The molecule has 0 bridgehead atoms. The van der Waals surface area contributed by atoms with Gasteiger partial charge in [-0.25, -0.2) is 0 Å². The van der Waals surface area contributed by atoms with E-state index in [9.17, 15) is 0 Å². The SMILES string of the molecule is CNCC1CN(C)CC(C)N1c1cccc(Cl)c1. The Labute approximate surface area is 115 Å². The van der Waals surface area contributed by atoms with Crippen LogP contribution in [-0.4, -0.2) is 50.7 Å². The van der Waals surface area contributed by atoms with Crippen LogP contribution in [0.5, 0.6) is 0 Å². The Morgan fingerprint density at radius 3 is 2.83 bits per heavy atom. The molecule has 2 atom stereocenters. The molecule has 1 aromatic carbocycles. The fourth-order valence-corrected chi connectivity index (χ4v) is 3.11. The molecule has 4 heteroatoms. The lowest BCUT2D eigenvalue weighted by molar-refractivity contribution is 0.231. The zero-order valence-electron chi connectivity index (χ0n) is 11.4. The predicted molar refractivity (Wildman–Crippen MR) is 78.6 cm³/mol. The molecule has 1 fully saturated rings. The second-order valence-electron chi connectivity index (χ2n) is 5.17. The summed E-state index contributed by atoms with van der Waals surface area (Å²) in [5.41, 5.74) is 1.23. The summed E-state index contributed by atoms with van der Waals surface area (Å²) in [6.07, 6.45) is 0. The number of hydrogen-bond acceptors (Lipinski definition) is 3. The van der Waals surface area contributed by atoms with E-state index in [0.29, 0.717) is 12.1 Å². The summed E-state index contributed by atoms with van der Waals surface area (Å²) in [6.45, 7) is 5.44. The van der Waals surface area contributed by atoms with Crippen molar-refractivity contribution in [1.29, 1.82) is 0 Å². The molecule has 2 unspecified atom stereocenters. The zero-order chi connectivity index (χ0) is 13.1. The quantitative estimate of drug-likeness (QED) is 0.905. The minimum Gasteiger partial charge on any atom is -0.362 e. The van der Waals surface area contributed by atoms with Crippen LogP contribution >= 0.6 is 11.6 Å². The maximum absolute atomic E-state index is 6.11. The molecule has 1 aliphatic heterocycles. The standard InChI is InChI=1S/C14H22ClN3/c1-11-9-17(3)10-14(8-16-2)18(11)13-6-4-5-12(15)7-13/h4-7,11,14,16H,8-10H2,1-3H3. The molecule has 0 amide bonds. The number of likely N-dealkylation sites (N-methyl/N-ethyl adjacent to an activating group) is 2. The van der Waals surface area contributed by atoms with Crippen molar-refractivity contribution in [3.05, 3.63) is 29.3 Å². The molecule has 18 heavy (non-hydrogen) atoms. The maximum Gasteiger partial charge on any atom is 0.0544 e. The Hall–Kier alpha value is -0.770. The van der Waals surface area contributed by atoms with Crippen LogP contribution in [0.25, 0.3) is 0 Å². The number of halogens is 1. The minimum atomic E-state index is 0.488. The molecule has 100 valence electrons. The third-order valence-electron chi connectivity index (χ3n) is 3.51. The number of benzene rings is 1. The molecule has 1 heterocycles. The van der Waals surface area contributed by atoms with Crippen molar-refractivity contribution in [2.45, 2.75) is 19.0 Å². The third kappa shape index (κ3) is 2.97. The average molecular weight is 268 g/mol. The Balaban J connectivity index is 2.26. The van der Waals surface area contributed by atoms with Gasteiger partial charge in [0.1, 0.15) is 0 Å². The number of piperazine rings is 1. The van der Waals surface area contributed by atoms with Crippen LogP contribution in [0, 0.1) is 0 Å². The van der Waals surface area contributed by atoms with E-state index in [1.165, 1.54) is 5.69 Å². The van der Waals surface area contributed by atoms with Crippen LogP contribution in [-0.2, 0) is 0 Å². The molecular formula is C14H22ClN3. The van der Waals surface area contributed by atoms with E-state index in [0.717, 1.165) is 24.7 Å². The van der Waals surface area contributed by atoms with E-state index >= 15 is 0 Å². The monoisotopic (exact) mass is 267 g/mol. The lowest BCUT2D eigenvalue weighted by atomic mass is 10.1. The molecule has 2 rings (SSSR count). The van der Waals surface area contributed by atoms with E-state index in [4.69, 9.17) is 11.6 Å². The van der Waals surface area contributed by atoms with Crippen molar-refractivity contribution in [2.24, 2.45) is 0 Å². The van der Waals surface area contributed by atoms with Gasteiger partial charge in [-0.3, -0.25) is 0 Å². The molecule has 0 spiro atoms. The molecule has 3 nitrogen and oxygen atoms in total. The molecule has 1 N–H and O–H groups in total. The van der Waals surface area contributed by atoms with Gasteiger partial charge in [0.15, 0.2) is 0 Å². The smallest absolute Gasteiger partial charge is 0.0544 e. The fraction of sp³-hybridized carbons (Fsp3) is 0.571. The van der Waals surface area contributed by atoms with Gasteiger partial charge in [0.05, 0.1) is 6.04 Å². The van der Waals surface area contributed by atoms with Gasteiger partial charge in [-0.2, -0.15) is 0 Å². The molecule has 1 aromatic rings. The third-order valence-corrected chi connectivity index (χ3v) is 3.75. The first-order valence-electron chi connectivity index (χ1n) is 6.49. The van der Waals surface area contributed by atoms with E-state index in [-0.39, 0.29) is 0 Å². The number of anilines is 1. The number of nitrogens with one attached hydrogen (secondary N) is 1. The maximum atomic E-state index is 6.11. The summed E-state index contributed by atoms with van der Waals surface area (Å²) < 4.78 is 0. The van der Waals surface area contributed by atoms with E-state index in [1.54, 1.807) is 0 Å². The van der Waals surface area contributed by atoms with E-state index < -0.39 is 0 Å². The first-order chi connectivity index (χ1) is 8.61. The first kappa shape index (κ1) is 13.7. The van der Waals surface area contributed by atoms with Crippen LogP contribution in [0.1, 0.15) is 6.92 Å². The lowest BCUT2D eigenvalue weighted by Crippen LogP contribution is -2.59. The van der Waals surface area contributed by atoms with E-state index in [2.05, 4.69) is 41.2 Å². The van der Waals surface area contributed by atoms with Crippen molar-refractivity contribution in [2.75, 3.05) is 38.6 Å². The van der Waals surface area contributed by atoms with Gasteiger partial charge in [0.25, 0.3) is 0 Å². The van der Waals surface area contributed by atoms with Gasteiger partial charge in [-0.05, 0) is 39.2 Å². The predicted octanol–water partition coefficient (Wildman–Crippen LogP) is 2.07. The summed E-state index contributed by atoms with van der Waals surface area (Å²) in [6, 6.07) is 9.16. The van der Waals surface area contributed by atoms with Crippen molar-refractivity contribution >= 4 is 17.3 Å². The van der Waals surface area contributed by atoms with Gasteiger partial charge in [0, 0.05) is 36.4 Å². The Morgan fingerprint density at radius 2 is 2.17 bits per heavy atom. The largest absolute Gasteiger partial charge is 0.362 e. The average Bonchev–Trinajstić information content (AvgIpc) is 2.28. The molecular weight excluding hydrogens is 246 g/mol. The van der Waals surface area contributed by atoms with Gasteiger partial charge < -0.3 is 15.1 Å². The Kier molecular flexibility index (Phi) is 4.49. The highest BCUT2D eigenvalue weighted by molar-refractivity contribution is 6.30. The molecule has 1 aliphatic rings. The second-order valence-corrected chi connectivity index (χ2v) is 5.61. The number of nitrogens with zero attached hydrogens (tertiary/aromatic N) is 2. The van der Waals surface area contributed by atoms with Crippen molar-refractivity contribution in [3.8, 4) is 0 Å². The van der Waals surface area contributed by atoms with Gasteiger partial charge in [0.2, 0.25) is 0 Å². The topological polar surface area (TPSA) is 18.5 Å². The van der Waals surface area contributed by atoms with Crippen molar-refractivity contribution in [1.82, 2.24) is 10.2 Å². The first-order valence-corrected chi connectivity index (χ1v) is 6.86. The summed E-state index contributed by atoms with van der Waals surface area (Å²) in [4.78, 5) is 4.89. The second kappa shape index (κ2) is 5.91. The van der Waals surface area contributed by atoms with Gasteiger partial charge >= 0.3 is 0 Å². The summed E-state index contributed by atoms with van der Waals surface area (Å²) in [5, 5.41) is 4.10. The van der Waals surface area contributed by atoms with Crippen LogP contribution in [0.3, 0.4) is 0 Å². The fourth-order valence-electron chi connectivity index (χ4n) is 2.92. The minimum absolute atomic E-state index is 0.488. The van der Waals surface area contributed by atoms with Crippen LogP contribution in [0.15, 0.2) is 24.3 Å². The van der Waals surface area contributed by atoms with Crippen LogP contribution in [0.2, 0.25) is 5.02 Å². The van der Waals surface area contributed by atoms with Crippen LogP contribution in [0.4, 0.5) is 5.69 Å². The number of hydrogen-bond donors (Lipinski definition) is 1. The summed E-state index contributed by atoms with van der Waals surface area (Å²) in [7, 11) is 4.20. The Morgan fingerprint density at radius 1 is 1.39 bits per heavy atom. The van der Waals surface area contributed by atoms with Crippen molar-refractivity contribution < 1.29 is 0 Å². The van der Waals surface area contributed by atoms with Gasteiger partial charge in [-0.1, -0.05) is 17.7 Å².